The van der Waals surface area contributed by atoms with Crippen LogP contribution < -0.4 is 5.32 Å². The summed E-state index contributed by atoms with van der Waals surface area (Å²) in [6.07, 6.45) is -3.08. The number of nitrogens with zero attached hydrogens (tertiary/aromatic N) is 2. The average molecular weight is 295 g/mol. The second-order valence-electron chi connectivity index (χ2n) is 5.71. The number of alkyl halides is 3. The fraction of sp³-hybridized carbons (Fsp3) is 1.00. The molecule has 2 saturated heterocycles. The van der Waals surface area contributed by atoms with Crippen LogP contribution in [0.15, 0.2) is 0 Å². The Hall–Kier alpha value is -0.370. The van der Waals surface area contributed by atoms with E-state index in [1.165, 1.54) is 4.90 Å². The normalized spacial score (nSPS) is 30.6. The third kappa shape index (κ3) is 4.87. The number of halogens is 3. The lowest BCUT2D eigenvalue weighted by molar-refractivity contribution is -0.149. The molecule has 0 bridgehead atoms. The van der Waals surface area contributed by atoms with Crippen LogP contribution in [0, 0.1) is 5.92 Å². The van der Waals surface area contributed by atoms with Crippen LogP contribution in [0.25, 0.3) is 0 Å². The molecule has 4 nitrogen and oxygen atoms in total. The summed E-state index contributed by atoms with van der Waals surface area (Å²) in [6, 6.07) is 0.456. The molecule has 0 aromatic heterocycles. The van der Waals surface area contributed by atoms with Crippen LogP contribution in [0.4, 0.5) is 13.2 Å². The Kier molecular flexibility index (Phi) is 5.65. The van der Waals surface area contributed by atoms with Gasteiger partial charge in [-0.2, -0.15) is 13.2 Å². The molecule has 2 fully saturated rings. The van der Waals surface area contributed by atoms with E-state index in [0.29, 0.717) is 38.1 Å². The summed E-state index contributed by atoms with van der Waals surface area (Å²) in [5.74, 6) is 0.433. The molecule has 0 spiro atoms. The Labute approximate surface area is 118 Å². The Morgan fingerprint density at radius 3 is 2.40 bits per heavy atom. The Balaban J connectivity index is 1.73. The van der Waals surface area contributed by atoms with Gasteiger partial charge in [-0.3, -0.25) is 4.90 Å². The molecule has 1 N–H and O–H groups in total. The van der Waals surface area contributed by atoms with Crippen molar-refractivity contribution in [2.24, 2.45) is 5.92 Å². The van der Waals surface area contributed by atoms with Crippen molar-refractivity contribution in [2.45, 2.75) is 18.6 Å². The maximum absolute atomic E-state index is 12.3. The third-order valence-electron chi connectivity index (χ3n) is 4.21. The number of rotatable bonds is 4. The summed E-state index contributed by atoms with van der Waals surface area (Å²) >= 11 is 0. The van der Waals surface area contributed by atoms with E-state index in [-0.39, 0.29) is 0 Å². The van der Waals surface area contributed by atoms with E-state index in [4.69, 9.17) is 4.74 Å². The third-order valence-corrected chi connectivity index (χ3v) is 4.21. The van der Waals surface area contributed by atoms with E-state index in [0.717, 1.165) is 26.2 Å². The van der Waals surface area contributed by atoms with E-state index < -0.39 is 12.7 Å². The predicted octanol–water partition coefficient (Wildman–Crippen LogP) is 0.791. The van der Waals surface area contributed by atoms with Gasteiger partial charge in [0.15, 0.2) is 0 Å². The van der Waals surface area contributed by atoms with Gasteiger partial charge in [-0.05, 0) is 13.5 Å². The first kappa shape index (κ1) is 16.0. The molecule has 2 rings (SSSR count). The Morgan fingerprint density at radius 2 is 1.80 bits per heavy atom. The second kappa shape index (κ2) is 7.06. The van der Waals surface area contributed by atoms with Crippen LogP contribution in [-0.2, 0) is 4.74 Å². The molecule has 0 aromatic rings. The summed E-state index contributed by atoms with van der Waals surface area (Å²) in [6.45, 7) is 4.08. The molecule has 0 saturated carbocycles. The lowest BCUT2D eigenvalue weighted by atomic mass is 9.95. The highest BCUT2D eigenvalue weighted by Gasteiger charge is 2.33. The molecule has 2 aliphatic heterocycles. The minimum atomic E-state index is -4.09. The summed E-state index contributed by atoms with van der Waals surface area (Å²) in [5, 5.41) is 3.32. The lowest BCUT2D eigenvalue weighted by Gasteiger charge is -2.39. The molecule has 20 heavy (non-hydrogen) atoms. The molecule has 2 heterocycles. The monoisotopic (exact) mass is 295 g/mol. The fourth-order valence-electron chi connectivity index (χ4n) is 3.07. The molecule has 2 aliphatic rings. The first-order valence-corrected chi connectivity index (χ1v) is 7.24. The van der Waals surface area contributed by atoms with Crippen molar-refractivity contribution >= 4 is 0 Å². The maximum atomic E-state index is 12.3. The molecule has 2 atom stereocenters. The zero-order valence-electron chi connectivity index (χ0n) is 12.0. The zero-order valence-corrected chi connectivity index (χ0v) is 12.0. The number of hydrogen-bond acceptors (Lipinski definition) is 4. The molecule has 7 heteroatoms. The molecule has 0 radical (unpaired) electrons. The van der Waals surface area contributed by atoms with Gasteiger partial charge in [-0.25, -0.2) is 0 Å². The van der Waals surface area contributed by atoms with Crippen LogP contribution in [0.3, 0.4) is 0 Å². The standard InChI is InChI=1S/C13H24F3N3O/c1-17-12-2-7-20-9-11(12)8-18-3-5-19(6-4-18)10-13(14,15)16/h11-12,17H,2-10H2,1H3. The second-order valence-corrected chi connectivity index (χ2v) is 5.71. The smallest absolute Gasteiger partial charge is 0.381 e. The summed E-state index contributed by atoms with van der Waals surface area (Å²) in [5.41, 5.74) is 0. The molecular formula is C13H24F3N3O. The number of nitrogens with one attached hydrogen (secondary N) is 1. The van der Waals surface area contributed by atoms with Gasteiger partial charge < -0.3 is 15.0 Å². The van der Waals surface area contributed by atoms with E-state index in [9.17, 15) is 13.2 Å². The van der Waals surface area contributed by atoms with E-state index in [2.05, 4.69) is 10.2 Å². The highest BCUT2D eigenvalue weighted by atomic mass is 19.4. The van der Waals surface area contributed by atoms with Crippen molar-refractivity contribution in [2.75, 3.05) is 59.5 Å². The minimum Gasteiger partial charge on any atom is -0.381 e. The minimum absolute atomic E-state index is 0.433. The Morgan fingerprint density at radius 1 is 1.15 bits per heavy atom. The van der Waals surface area contributed by atoms with Crippen molar-refractivity contribution in [3.8, 4) is 0 Å². The first-order chi connectivity index (χ1) is 9.48. The summed E-state index contributed by atoms with van der Waals surface area (Å²) in [4.78, 5) is 3.75. The summed E-state index contributed by atoms with van der Waals surface area (Å²) in [7, 11) is 1.96. The average Bonchev–Trinajstić information content (AvgIpc) is 2.40. The van der Waals surface area contributed by atoms with Crippen LogP contribution in [0.5, 0.6) is 0 Å². The van der Waals surface area contributed by atoms with Gasteiger partial charge in [0.25, 0.3) is 0 Å². The van der Waals surface area contributed by atoms with Crippen LogP contribution in [0.2, 0.25) is 0 Å². The lowest BCUT2D eigenvalue weighted by Crippen LogP contribution is -2.53. The highest BCUT2D eigenvalue weighted by Crippen LogP contribution is 2.19. The zero-order chi connectivity index (χ0) is 14.6. The van der Waals surface area contributed by atoms with Gasteiger partial charge >= 0.3 is 6.18 Å². The van der Waals surface area contributed by atoms with Gasteiger partial charge in [0.1, 0.15) is 0 Å². The van der Waals surface area contributed by atoms with Crippen molar-refractivity contribution in [3.05, 3.63) is 0 Å². The van der Waals surface area contributed by atoms with Gasteiger partial charge in [0, 0.05) is 51.3 Å². The highest BCUT2D eigenvalue weighted by molar-refractivity contribution is 4.83. The molecular weight excluding hydrogens is 271 g/mol. The fourth-order valence-corrected chi connectivity index (χ4v) is 3.07. The number of piperazine rings is 1. The SMILES string of the molecule is CNC1CCOCC1CN1CCN(CC(F)(F)F)CC1. The van der Waals surface area contributed by atoms with Crippen LogP contribution in [-0.4, -0.2) is 81.5 Å². The predicted molar refractivity (Wildman–Crippen MR) is 70.7 cm³/mol. The summed E-state index contributed by atoms with van der Waals surface area (Å²) < 4.78 is 42.5. The van der Waals surface area contributed by atoms with Gasteiger partial charge in [-0.1, -0.05) is 0 Å². The number of hydrogen-bond donors (Lipinski definition) is 1. The van der Waals surface area contributed by atoms with E-state index in [1.54, 1.807) is 0 Å². The van der Waals surface area contributed by atoms with Gasteiger partial charge in [-0.15, -0.1) is 0 Å². The first-order valence-electron chi connectivity index (χ1n) is 7.24. The maximum Gasteiger partial charge on any atom is 0.401 e. The van der Waals surface area contributed by atoms with E-state index in [1.807, 2.05) is 7.05 Å². The molecule has 0 aliphatic carbocycles. The van der Waals surface area contributed by atoms with E-state index >= 15 is 0 Å². The van der Waals surface area contributed by atoms with Crippen molar-refractivity contribution in [3.63, 3.8) is 0 Å². The van der Waals surface area contributed by atoms with Crippen molar-refractivity contribution in [1.82, 2.24) is 15.1 Å². The van der Waals surface area contributed by atoms with Gasteiger partial charge in [0.2, 0.25) is 0 Å². The van der Waals surface area contributed by atoms with Gasteiger partial charge in [0.05, 0.1) is 13.2 Å². The van der Waals surface area contributed by atoms with Crippen molar-refractivity contribution < 1.29 is 17.9 Å². The number of ether oxygens (including phenoxy) is 1. The van der Waals surface area contributed by atoms with Crippen LogP contribution in [0.1, 0.15) is 6.42 Å². The molecule has 118 valence electrons. The Bertz CT molecular complexity index is 293. The molecule has 0 amide bonds. The van der Waals surface area contributed by atoms with Crippen LogP contribution >= 0.6 is 0 Å². The largest absolute Gasteiger partial charge is 0.401 e. The molecule has 2 unspecified atom stereocenters. The van der Waals surface area contributed by atoms with Crippen molar-refractivity contribution in [1.29, 1.82) is 0 Å². The molecule has 0 aromatic carbocycles. The quantitative estimate of drug-likeness (QED) is 0.830. The topological polar surface area (TPSA) is 27.7 Å².